The summed E-state index contributed by atoms with van der Waals surface area (Å²) in [4.78, 5) is 52.7. The number of hydrogen-bond donors (Lipinski definition) is 2. The predicted molar refractivity (Wildman–Crippen MR) is 221 cm³/mol. The molecule has 0 unspecified atom stereocenters. The first-order chi connectivity index (χ1) is 27.8. The van der Waals surface area contributed by atoms with Crippen molar-refractivity contribution < 1.29 is 48.3 Å². The number of aromatic nitrogens is 2. The van der Waals surface area contributed by atoms with E-state index in [1.165, 1.54) is 13.8 Å². The maximum Gasteiger partial charge on any atom is 0.316 e. The SMILES string of the molecule is CC[C@H]1OC(=O)[C@H](C)C(=O)[C@H](C)[C@@H](O[C@@H]2O[C@H](C)C[C@H](N(C)C)[C@H]2O)[C@@]2(C)C[C@@H](C)C(=NC(C)=O)[C@H](C)[C@H](OCC(=NCc3ccc(-n4cccn4)cc3)CO2)[C@]1(C)O. The summed E-state index contributed by atoms with van der Waals surface area (Å²) in [6.45, 7) is 15.4. The van der Waals surface area contributed by atoms with Crippen molar-refractivity contribution in [1.82, 2.24) is 14.7 Å². The Morgan fingerprint density at radius 2 is 1.76 bits per heavy atom. The summed E-state index contributed by atoms with van der Waals surface area (Å²) in [5, 5.41) is 28.4. The Hall–Kier alpha value is -3.70. The minimum Gasteiger partial charge on any atom is -0.459 e. The van der Waals surface area contributed by atoms with E-state index in [-0.39, 0.29) is 44.7 Å². The standard InChI is InChI=1S/C44H65N5O10/c1-12-35-44(9,54)40-27(4)36(47-30(7)50)25(2)21-43(8,56-24-32(23-55-40)45-22-31-14-16-33(17-15-31)49-19-13-18-46-49)39(28(5)37(51)29(6)41(53)58-35)59-42-38(52)34(48(10)11)20-26(3)57-42/h13-19,25-29,34-35,38-40,42,52,54H,12,20-24H2,1-11H3/t25-,26-,27+,28+,29-,34+,35-,38-,39-,40+,42+,43-,44-/m1/s1. The van der Waals surface area contributed by atoms with E-state index in [1.54, 1.807) is 31.6 Å². The molecule has 0 spiro atoms. The highest BCUT2D eigenvalue weighted by Crippen LogP contribution is 2.40. The number of nitrogens with zero attached hydrogens (tertiary/aromatic N) is 5. The number of cyclic esters (lactones) is 1. The van der Waals surface area contributed by atoms with Crippen LogP contribution in [0, 0.1) is 23.7 Å². The van der Waals surface area contributed by atoms with E-state index in [2.05, 4.69) is 10.1 Å². The second-order valence-electron chi connectivity index (χ2n) is 17.4. The van der Waals surface area contributed by atoms with Crippen molar-refractivity contribution in [2.24, 2.45) is 33.7 Å². The summed E-state index contributed by atoms with van der Waals surface area (Å²) < 4.78 is 34.5. The molecule has 2 aromatic rings. The summed E-state index contributed by atoms with van der Waals surface area (Å²) in [7, 11) is 3.75. The van der Waals surface area contributed by atoms with Crippen molar-refractivity contribution >= 4 is 29.1 Å². The van der Waals surface area contributed by atoms with Gasteiger partial charge in [0.1, 0.15) is 23.7 Å². The lowest BCUT2D eigenvalue weighted by atomic mass is 9.73. The molecule has 3 saturated heterocycles. The second-order valence-corrected chi connectivity index (χ2v) is 17.4. The minimum absolute atomic E-state index is 0.0647. The Bertz CT molecular complexity index is 1810. The number of ketones is 1. The van der Waals surface area contributed by atoms with E-state index in [1.807, 2.05) is 83.2 Å². The average molecular weight is 824 g/mol. The molecule has 3 aliphatic heterocycles. The lowest BCUT2D eigenvalue weighted by molar-refractivity contribution is -0.296. The molecular formula is C44H65N5O10. The van der Waals surface area contributed by atoms with Gasteiger partial charge in [0.2, 0.25) is 5.91 Å². The lowest BCUT2D eigenvalue weighted by Gasteiger charge is -2.47. The number of hydrogen-bond acceptors (Lipinski definition) is 13. The van der Waals surface area contributed by atoms with E-state index in [0.717, 1.165) is 11.3 Å². The number of rotatable bonds is 7. The molecule has 59 heavy (non-hydrogen) atoms. The number of carbonyl (C=O) groups is 3. The van der Waals surface area contributed by atoms with Gasteiger partial charge in [0.05, 0.1) is 55.1 Å². The number of aliphatic hydroxyl groups is 2. The van der Waals surface area contributed by atoms with Gasteiger partial charge in [-0.15, -0.1) is 0 Å². The van der Waals surface area contributed by atoms with Crippen LogP contribution in [0.5, 0.6) is 0 Å². The second kappa shape index (κ2) is 19.3. The van der Waals surface area contributed by atoms with E-state index in [9.17, 15) is 24.6 Å². The van der Waals surface area contributed by atoms with Crippen molar-refractivity contribution in [3.05, 3.63) is 48.3 Å². The van der Waals surface area contributed by atoms with E-state index < -0.39 is 83.2 Å². The fraction of sp³-hybridized carbons (Fsp3) is 0.682. The Morgan fingerprint density at radius 3 is 2.37 bits per heavy atom. The number of esters is 1. The first-order valence-electron chi connectivity index (χ1n) is 20.8. The van der Waals surface area contributed by atoms with Gasteiger partial charge in [-0.3, -0.25) is 19.4 Å². The van der Waals surface area contributed by atoms with E-state index in [0.29, 0.717) is 17.8 Å². The third-order valence-corrected chi connectivity index (χ3v) is 12.3. The topological polar surface area (TPSA) is 184 Å². The minimum atomic E-state index is -1.81. The number of fused-ring (bicyclic) bond motifs is 5. The molecule has 5 rings (SSSR count). The van der Waals surface area contributed by atoms with Crippen molar-refractivity contribution in [3.8, 4) is 5.69 Å². The third-order valence-electron chi connectivity index (χ3n) is 12.3. The van der Waals surface area contributed by atoms with Crippen LogP contribution in [-0.2, 0) is 44.6 Å². The van der Waals surface area contributed by atoms with Crippen molar-refractivity contribution in [2.45, 2.75) is 142 Å². The normalized spacial score (nSPS) is 38.1. The number of likely N-dealkylation sites (N-methyl/N-ethyl adjacent to an activating group) is 1. The highest BCUT2D eigenvalue weighted by molar-refractivity contribution is 6.00. The lowest BCUT2D eigenvalue weighted by Crippen LogP contribution is -2.60. The summed E-state index contributed by atoms with van der Waals surface area (Å²) in [5.41, 5.74) is -0.414. The number of ether oxygens (including phenoxy) is 5. The zero-order chi connectivity index (χ0) is 43.4. The van der Waals surface area contributed by atoms with Crippen molar-refractivity contribution in [1.29, 1.82) is 0 Å². The molecule has 15 nitrogen and oxygen atoms in total. The fourth-order valence-corrected chi connectivity index (χ4v) is 9.02. The highest BCUT2D eigenvalue weighted by Gasteiger charge is 2.53. The summed E-state index contributed by atoms with van der Waals surface area (Å²) in [5.74, 6) is -5.15. The zero-order valence-corrected chi connectivity index (χ0v) is 36.5. The molecule has 3 aliphatic rings. The number of aliphatic hydroxyl groups excluding tert-OH is 1. The molecule has 15 heteroatoms. The van der Waals surface area contributed by atoms with Gasteiger partial charge in [0.25, 0.3) is 0 Å². The number of aliphatic imine (C=N–C) groups is 2. The van der Waals surface area contributed by atoms with Gasteiger partial charge < -0.3 is 38.8 Å². The first-order valence-corrected chi connectivity index (χ1v) is 20.8. The Morgan fingerprint density at radius 1 is 1.07 bits per heavy atom. The molecule has 2 bridgehead atoms. The molecule has 1 aromatic carbocycles. The van der Waals surface area contributed by atoms with Crippen LogP contribution >= 0.6 is 0 Å². The number of amides is 1. The van der Waals surface area contributed by atoms with Crippen LogP contribution in [0.4, 0.5) is 0 Å². The molecule has 3 fully saturated rings. The summed E-state index contributed by atoms with van der Waals surface area (Å²) >= 11 is 0. The maximum atomic E-state index is 14.5. The quantitative estimate of drug-likeness (QED) is 0.298. The average Bonchev–Trinajstić information content (AvgIpc) is 3.73. The van der Waals surface area contributed by atoms with Crippen LogP contribution in [0.3, 0.4) is 0 Å². The molecular weight excluding hydrogens is 759 g/mol. The van der Waals surface area contributed by atoms with Gasteiger partial charge >= 0.3 is 5.97 Å². The zero-order valence-electron chi connectivity index (χ0n) is 36.5. The molecule has 1 amide bonds. The van der Waals surface area contributed by atoms with Gasteiger partial charge in [0.15, 0.2) is 12.1 Å². The molecule has 0 radical (unpaired) electrons. The van der Waals surface area contributed by atoms with Gasteiger partial charge in [-0.05, 0) is 90.7 Å². The van der Waals surface area contributed by atoms with E-state index >= 15 is 0 Å². The molecule has 4 heterocycles. The predicted octanol–water partition coefficient (Wildman–Crippen LogP) is 4.38. The van der Waals surface area contributed by atoms with Crippen LogP contribution in [0.25, 0.3) is 5.69 Å². The first kappa shape index (κ1) is 46.4. The van der Waals surface area contributed by atoms with Gasteiger partial charge in [0, 0.05) is 42.9 Å². The Labute approximate surface area is 348 Å². The molecule has 13 atom stereocenters. The van der Waals surface area contributed by atoms with E-state index in [4.69, 9.17) is 28.7 Å². The molecule has 0 saturated carbocycles. The van der Waals surface area contributed by atoms with Crippen LogP contribution in [0.2, 0.25) is 0 Å². The largest absolute Gasteiger partial charge is 0.459 e. The van der Waals surface area contributed by atoms with Crippen LogP contribution in [-0.4, -0.2) is 135 Å². The Kier molecular flexibility index (Phi) is 15.2. The highest BCUT2D eigenvalue weighted by atomic mass is 16.7. The Balaban J connectivity index is 1.67. The molecule has 2 N–H and O–H groups in total. The maximum absolute atomic E-state index is 14.5. The number of Topliss-reactive ketones (excluding diaryl/α,β-unsaturated/α-hetero) is 1. The summed E-state index contributed by atoms with van der Waals surface area (Å²) in [6, 6.07) is 9.38. The molecule has 326 valence electrons. The van der Waals surface area contributed by atoms with Crippen LogP contribution < -0.4 is 0 Å². The summed E-state index contributed by atoms with van der Waals surface area (Å²) in [6.07, 6.45) is -1.29. The molecule has 0 aliphatic carbocycles. The third kappa shape index (κ3) is 10.6. The fourth-order valence-electron chi connectivity index (χ4n) is 9.02. The molecule has 1 aromatic heterocycles. The van der Waals surface area contributed by atoms with Crippen molar-refractivity contribution in [3.63, 3.8) is 0 Å². The van der Waals surface area contributed by atoms with Crippen LogP contribution in [0.1, 0.15) is 87.1 Å². The van der Waals surface area contributed by atoms with Crippen molar-refractivity contribution in [2.75, 3.05) is 27.3 Å². The van der Waals surface area contributed by atoms with Gasteiger partial charge in [-0.25, -0.2) is 9.67 Å². The monoisotopic (exact) mass is 823 g/mol. The smallest absolute Gasteiger partial charge is 0.316 e. The van der Waals surface area contributed by atoms with Gasteiger partial charge in [-0.1, -0.05) is 39.8 Å². The number of carbonyl (C=O) groups excluding carboxylic acids is 3. The van der Waals surface area contributed by atoms with Crippen LogP contribution in [0.15, 0.2) is 52.7 Å². The number of benzene rings is 1. The van der Waals surface area contributed by atoms with Gasteiger partial charge in [-0.2, -0.15) is 5.10 Å².